The highest BCUT2D eigenvalue weighted by Crippen LogP contribution is 2.22. The fourth-order valence-electron chi connectivity index (χ4n) is 1.28. The molecule has 1 unspecified atom stereocenters. The maximum Gasteiger partial charge on any atom is 0.145 e. The lowest BCUT2D eigenvalue weighted by Gasteiger charge is -2.13. The second kappa shape index (κ2) is 4.31. The summed E-state index contributed by atoms with van der Waals surface area (Å²) < 4.78 is 0. The van der Waals surface area contributed by atoms with E-state index in [4.69, 9.17) is 11.6 Å². The van der Waals surface area contributed by atoms with E-state index < -0.39 is 0 Å². The lowest BCUT2D eigenvalue weighted by molar-refractivity contribution is 0.876. The largest absolute Gasteiger partial charge is 0.362 e. The number of nitrogens with zero attached hydrogens (tertiary/aromatic N) is 2. The third-order valence-electron chi connectivity index (χ3n) is 2.13. The predicted molar refractivity (Wildman–Crippen MR) is 59.9 cm³/mol. The van der Waals surface area contributed by atoms with Crippen LogP contribution in [0.15, 0.2) is 30.7 Å². The van der Waals surface area contributed by atoms with Crippen LogP contribution in [-0.2, 0) is 0 Å². The molecule has 0 aliphatic heterocycles. The van der Waals surface area contributed by atoms with Crippen LogP contribution in [0.2, 0.25) is 5.02 Å². The number of pyridine rings is 1. The number of halogens is 1. The summed E-state index contributed by atoms with van der Waals surface area (Å²) in [4.78, 5) is 4.15. The highest BCUT2D eigenvalue weighted by atomic mass is 35.5. The summed E-state index contributed by atoms with van der Waals surface area (Å²) >= 11 is 5.98. The zero-order valence-electron chi connectivity index (χ0n) is 8.24. The number of hydrogen-bond acceptors (Lipinski definition) is 3. The van der Waals surface area contributed by atoms with Gasteiger partial charge in [0.25, 0.3) is 0 Å². The number of H-pyrrole nitrogens is 1. The van der Waals surface area contributed by atoms with Gasteiger partial charge in [0.05, 0.1) is 17.3 Å². The number of anilines is 1. The molecular formula is C10H11ClN4. The van der Waals surface area contributed by atoms with E-state index in [1.54, 1.807) is 24.5 Å². The normalized spacial score (nSPS) is 12.4. The Bertz CT molecular complexity index is 427. The third kappa shape index (κ3) is 2.27. The first-order valence-corrected chi connectivity index (χ1v) is 5.01. The van der Waals surface area contributed by atoms with E-state index in [1.165, 1.54) is 0 Å². The molecule has 0 aliphatic rings. The maximum atomic E-state index is 5.98. The van der Waals surface area contributed by atoms with Crippen molar-refractivity contribution in [2.45, 2.75) is 13.0 Å². The summed E-state index contributed by atoms with van der Waals surface area (Å²) in [6, 6.07) is 3.73. The van der Waals surface area contributed by atoms with Crippen LogP contribution in [0.25, 0.3) is 0 Å². The Hall–Kier alpha value is -1.55. The zero-order chi connectivity index (χ0) is 10.7. The van der Waals surface area contributed by atoms with Gasteiger partial charge in [-0.2, -0.15) is 5.10 Å². The molecule has 1 atom stereocenters. The van der Waals surface area contributed by atoms with Gasteiger partial charge in [0.1, 0.15) is 5.82 Å². The molecule has 0 aromatic carbocycles. The third-order valence-corrected chi connectivity index (χ3v) is 2.44. The molecular weight excluding hydrogens is 212 g/mol. The van der Waals surface area contributed by atoms with Crippen LogP contribution >= 0.6 is 11.6 Å². The van der Waals surface area contributed by atoms with Crippen molar-refractivity contribution in [1.29, 1.82) is 0 Å². The van der Waals surface area contributed by atoms with Crippen LogP contribution in [0.5, 0.6) is 0 Å². The van der Waals surface area contributed by atoms with Gasteiger partial charge in [0, 0.05) is 18.0 Å². The average molecular weight is 223 g/mol. The molecule has 0 bridgehead atoms. The van der Waals surface area contributed by atoms with Crippen molar-refractivity contribution < 1.29 is 0 Å². The van der Waals surface area contributed by atoms with Crippen LogP contribution < -0.4 is 5.32 Å². The van der Waals surface area contributed by atoms with E-state index in [0.29, 0.717) is 10.8 Å². The van der Waals surface area contributed by atoms with Gasteiger partial charge in [-0.1, -0.05) is 11.6 Å². The van der Waals surface area contributed by atoms with Gasteiger partial charge in [-0.3, -0.25) is 5.10 Å². The van der Waals surface area contributed by atoms with Crippen LogP contribution in [0.3, 0.4) is 0 Å². The molecule has 15 heavy (non-hydrogen) atoms. The molecule has 78 valence electrons. The molecule has 0 spiro atoms. The first-order chi connectivity index (χ1) is 7.27. The van der Waals surface area contributed by atoms with Crippen LogP contribution in [-0.4, -0.2) is 15.2 Å². The first kappa shape index (κ1) is 9.98. The van der Waals surface area contributed by atoms with E-state index in [0.717, 1.165) is 5.56 Å². The van der Waals surface area contributed by atoms with Gasteiger partial charge >= 0.3 is 0 Å². The quantitative estimate of drug-likeness (QED) is 0.840. The summed E-state index contributed by atoms with van der Waals surface area (Å²) in [6.45, 7) is 2.02. The number of rotatable bonds is 3. The molecule has 2 rings (SSSR count). The van der Waals surface area contributed by atoms with Crippen molar-refractivity contribution in [3.63, 3.8) is 0 Å². The second-order valence-electron chi connectivity index (χ2n) is 3.23. The Morgan fingerprint density at radius 1 is 1.53 bits per heavy atom. The topological polar surface area (TPSA) is 53.6 Å². The van der Waals surface area contributed by atoms with Crippen LogP contribution in [0, 0.1) is 0 Å². The minimum absolute atomic E-state index is 0.121. The Balaban J connectivity index is 2.13. The molecule has 0 amide bonds. The molecule has 0 saturated carbocycles. The highest BCUT2D eigenvalue weighted by Gasteiger charge is 2.08. The molecule has 2 heterocycles. The molecule has 0 fully saturated rings. The van der Waals surface area contributed by atoms with Gasteiger partial charge in [0.2, 0.25) is 0 Å². The van der Waals surface area contributed by atoms with Crippen molar-refractivity contribution in [1.82, 2.24) is 15.2 Å². The van der Waals surface area contributed by atoms with Gasteiger partial charge in [-0.05, 0) is 19.1 Å². The number of hydrogen-bond donors (Lipinski definition) is 2. The van der Waals surface area contributed by atoms with E-state index in [-0.39, 0.29) is 6.04 Å². The van der Waals surface area contributed by atoms with Crippen LogP contribution in [0.4, 0.5) is 5.82 Å². The molecule has 5 heteroatoms. The van der Waals surface area contributed by atoms with Gasteiger partial charge in [-0.15, -0.1) is 0 Å². The van der Waals surface area contributed by atoms with E-state index in [9.17, 15) is 0 Å². The van der Waals surface area contributed by atoms with Gasteiger partial charge in [-0.25, -0.2) is 4.98 Å². The van der Waals surface area contributed by atoms with Crippen molar-refractivity contribution >= 4 is 17.4 Å². The molecule has 2 aromatic heterocycles. The van der Waals surface area contributed by atoms with E-state index >= 15 is 0 Å². The molecule has 0 radical (unpaired) electrons. The molecule has 4 nitrogen and oxygen atoms in total. The Labute approximate surface area is 92.7 Å². The van der Waals surface area contributed by atoms with E-state index in [2.05, 4.69) is 20.5 Å². The smallest absolute Gasteiger partial charge is 0.145 e. The Morgan fingerprint density at radius 2 is 2.40 bits per heavy atom. The SMILES string of the molecule is CC(Nc1ncccc1Cl)c1cn[nH]c1. The molecule has 0 saturated heterocycles. The zero-order valence-corrected chi connectivity index (χ0v) is 8.99. The minimum atomic E-state index is 0.121. The second-order valence-corrected chi connectivity index (χ2v) is 3.64. The minimum Gasteiger partial charge on any atom is -0.362 e. The van der Waals surface area contributed by atoms with Crippen molar-refractivity contribution in [3.05, 3.63) is 41.3 Å². The lowest BCUT2D eigenvalue weighted by Crippen LogP contribution is -2.07. The average Bonchev–Trinajstić information content (AvgIpc) is 2.74. The van der Waals surface area contributed by atoms with Crippen molar-refractivity contribution in [2.24, 2.45) is 0 Å². The Kier molecular flexibility index (Phi) is 2.87. The monoisotopic (exact) mass is 222 g/mol. The Morgan fingerprint density at radius 3 is 3.07 bits per heavy atom. The van der Waals surface area contributed by atoms with Crippen molar-refractivity contribution in [3.8, 4) is 0 Å². The number of aromatic nitrogens is 3. The molecule has 2 aromatic rings. The summed E-state index contributed by atoms with van der Waals surface area (Å²) in [6.07, 6.45) is 5.32. The standard InChI is InChI=1S/C10H11ClN4/c1-7(8-5-13-14-6-8)15-10-9(11)3-2-4-12-10/h2-7H,1H3,(H,12,15)(H,13,14). The predicted octanol–water partition coefficient (Wildman–Crippen LogP) is 2.63. The summed E-state index contributed by atoms with van der Waals surface area (Å²) in [5.74, 6) is 0.688. The maximum absolute atomic E-state index is 5.98. The number of nitrogens with one attached hydrogen (secondary N) is 2. The van der Waals surface area contributed by atoms with Gasteiger partial charge < -0.3 is 5.32 Å². The molecule has 2 N–H and O–H groups in total. The summed E-state index contributed by atoms with van der Waals surface area (Å²) in [7, 11) is 0. The number of aromatic amines is 1. The first-order valence-electron chi connectivity index (χ1n) is 4.63. The van der Waals surface area contributed by atoms with E-state index in [1.807, 2.05) is 13.1 Å². The molecule has 0 aliphatic carbocycles. The van der Waals surface area contributed by atoms with Crippen molar-refractivity contribution in [2.75, 3.05) is 5.32 Å². The fraction of sp³-hybridized carbons (Fsp3) is 0.200. The highest BCUT2D eigenvalue weighted by molar-refractivity contribution is 6.32. The van der Waals surface area contributed by atoms with Crippen LogP contribution in [0.1, 0.15) is 18.5 Å². The van der Waals surface area contributed by atoms with Gasteiger partial charge in [0.15, 0.2) is 0 Å². The fourth-order valence-corrected chi connectivity index (χ4v) is 1.45. The summed E-state index contributed by atoms with van der Waals surface area (Å²) in [5.41, 5.74) is 1.07. The lowest BCUT2D eigenvalue weighted by atomic mass is 10.2. The summed E-state index contributed by atoms with van der Waals surface area (Å²) in [5, 5.41) is 10.5.